The molecule has 0 aliphatic carbocycles. The smallest absolute Gasteiger partial charge is 0.266 e. The molecule has 2 aromatic carbocycles. The van der Waals surface area contributed by atoms with Gasteiger partial charge in [0.15, 0.2) is 5.76 Å². The van der Waals surface area contributed by atoms with Gasteiger partial charge in [-0.05, 0) is 18.2 Å². The van der Waals surface area contributed by atoms with Crippen molar-refractivity contribution in [2.75, 3.05) is 6.54 Å². The van der Waals surface area contributed by atoms with Crippen LogP contribution in [0, 0.1) is 0 Å². The number of para-hydroxylation sites is 1. The molecule has 5 aromatic rings. The van der Waals surface area contributed by atoms with Crippen molar-refractivity contribution in [3.63, 3.8) is 0 Å². The van der Waals surface area contributed by atoms with E-state index in [1.54, 1.807) is 18.3 Å². The Labute approximate surface area is 178 Å². The number of aromatic nitrogens is 4. The van der Waals surface area contributed by atoms with Crippen LogP contribution in [0.3, 0.4) is 0 Å². The van der Waals surface area contributed by atoms with Gasteiger partial charge in [-0.2, -0.15) is 10.2 Å². The molecule has 154 valence electrons. The van der Waals surface area contributed by atoms with Gasteiger partial charge in [-0.15, -0.1) is 0 Å². The minimum atomic E-state index is -0.118. The molecule has 0 bridgehead atoms. The van der Waals surface area contributed by atoms with E-state index in [9.17, 15) is 4.79 Å². The zero-order valence-electron chi connectivity index (χ0n) is 16.8. The highest BCUT2D eigenvalue weighted by Crippen LogP contribution is 2.28. The summed E-state index contributed by atoms with van der Waals surface area (Å²) in [4.78, 5) is 12.2. The van der Waals surface area contributed by atoms with E-state index < -0.39 is 0 Å². The number of benzene rings is 2. The van der Waals surface area contributed by atoms with Gasteiger partial charge < -0.3 is 9.73 Å². The van der Waals surface area contributed by atoms with Crippen molar-refractivity contribution >= 4 is 11.0 Å². The number of hydrogen-bond donors (Lipinski definition) is 2. The normalized spacial score (nSPS) is 11.2. The number of nitrogens with zero attached hydrogens (tertiary/aromatic N) is 3. The van der Waals surface area contributed by atoms with E-state index in [1.807, 2.05) is 60.7 Å². The fourth-order valence-corrected chi connectivity index (χ4v) is 3.54. The molecule has 7 heteroatoms. The Morgan fingerprint density at radius 1 is 1.00 bits per heavy atom. The molecule has 5 rings (SSSR count). The monoisotopic (exact) mass is 411 g/mol. The number of rotatable bonds is 7. The molecule has 0 aliphatic heterocycles. The summed E-state index contributed by atoms with van der Waals surface area (Å²) in [5.74, 6) is 0.754. The minimum absolute atomic E-state index is 0.118. The van der Waals surface area contributed by atoms with Crippen LogP contribution < -0.4 is 10.9 Å². The Morgan fingerprint density at radius 3 is 2.71 bits per heavy atom. The number of furan rings is 1. The van der Waals surface area contributed by atoms with Crippen LogP contribution in [0.5, 0.6) is 0 Å². The summed E-state index contributed by atoms with van der Waals surface area (Å²) in [6, 6.07) is 23.1. The highest BCUT2D eigenvalue weighted by molar-refractivity contribution is 5.82. The average molecular weight is 411 g/mol. The van der Waals surface area contributed by atoms with Crippen LogP contribution in [0.1, 0.15) is 5.56 Å². The van der Waals surface area contributed by atoms with Gasteiger partial charge in [0.1, 0.15) is 11.3 Å². The van der Waals surface area contributed by atoms with Crippen LogP contribution >= 0.6 is 0 Å². The zero-order chi connectivity index (χ0) is 21.0. The summed E-state index contributed by atoms with van der Waals surface area (Å²) < 4.78 is 7.44. The quantitative estimate of drug-likeness (QED) is 0.397. The summed E-state index contributed by atoms with van der Waals surface area (Å²) >= 11 is 0. The third-order valence-electron chi connectivity index (χ3n) is 5.14. The van der Waals surface area contributed by atoms with Crippen molar-refractivity contribution in [2.24, 2.45) is 0 Å². The zero-order valence-corrected chi connectivity index (χ0v) is 16.8. The van der Waals surface area contributed by atoms with Gasteiger partial charge in [0.05, 0.1) is 18.4 Å². The van der Waals surface area contributed by atoms with Gasteiger partial charge >= 0.3 is 0 Å². The maximum absolute atomic E-state index is 12.2. The van der Waals surface area contributed by atoms with Crippen LogP contribution in [-0.2, 0) is 13.1 Å². The summed E-state index contributed by atoms with van der Waals surface area (Å²) in [7, 11) is 0. The lowest BCUT2D eigenvalue weighted by Gasteiger charge is -2.08. The van der Waals surface area contributed by atoms with E-state index in [0.717, 1.165) is 39.2 Å². The number of H-pyrrole nitrogens is 1. The van der Waals surface area contributed by atoms with E-state index in [0.29, 0.717) is 19.6 Å². The fraction of sp³-hybridized carbons (Fsp3) is 0.125. The molecule has 3 heterocycles. The second kappa shape index (κ2) is 8.41. The Bertz CT molecular complexity index is 1330. The maximum Gasteiger partial charge on any atom is 0.266 e. The molecule has 0 amide bonds. The maximum atomic E-state index is 12.2. The molecule has 0 atom stereocenters. The van der Waals surface area contributed by atoms with Crippen molar-refractivity contribution in [1.82, 2.24) is 25.3 Å². The van der Waals surface area contributed by atoms with E-state index in [1.165, 1.54) is 4.68 Å². The average Bonchev–Trinajstić information content (AvgIpc) is 3.45. The number of hydrogen-bond acceptors (Lipinski definition) is 5. The van der Waals surface area contributed by atoms with E-state index in [4.69, 9.17) is 4.42 Å². The lowest BCUT2D eigenvalue weighted by molar-refractivity contribution is 0.533. The fourth-order valence-electron chi connectivity index (χ4n) is 3.54. The van der Waals surface area contributed by atoms with Gasteiger partial charge in [-0.3, -0.25) is 9.89 Å². The summed E-state index contributed by atoms with van der Waals surface area (Å²) in [6.07, 6.45) is 1.79. The van der Waals surface area contributed by atoms with Gasteiger partial charge in [-0.1, -0.05) is 48.5 Å². The Kier molecular flexibility index (Phi) is 5.16. The predicted octanol–water partition coefficient (Wildman–Crippen LogP) is 3.84. The van der Waals surface area contributed by atoms with Crippen LogP contribution in [0.25, 0.3) is 33.7 Å². The predicted molar refractivity (Wildman–Crippen MR) is 119 cm³/mol. The molecule has 0 radical (unpaired) electrons. The molecular formula is C24H21N5O2. The van der Waals surface area contributed by atoms with E-state index >= 15 is 0 Å². The molecule has 0 fully saturated rings. The molecule has 0 saturated carbocycles. The highest BCUT2D eigenvalue weighted by Gasteiger charge is 2.12. The molecule has 0 unspecified atom stereocenters. The third kappa shape index (κ3) is 4.04. The second-order valence-electron chi connectivity index (χ2n) is 7.24. The first kappa shape index (κ1) is 19.0. The topological polar surface area (TPSA) is 88.7 Å². The molecular weight excluding hydrogens is 390 g/mol. The van der Waals surface area contributed by atoms with E-state index in [-0.39, 0.29) is 5.56 Å². The summed E-state index contributed by atoms with van der Waals surface area (Å²) in [5, 5.41) is 16.1. The Morgan fingerprint density at radius 2 is 1.84 bits per heavy atom. The van der Waals surface area contributed by atoms with Crippen molar-refractivity contribution in [2.45, 2.75) is 13.1 Å². The Balaban J connectivity index is 1.25. The van der Waals surface area contributed by atoms with Crippen LogP contribution in [-0.4, -0.2) is 26.5 Å². The molecule has 0 spiro atoms. The van der Waals surface area contributed by atoms with Gasteiger partial charge in [0.25, 0.3) is 5.56 Å². The van der Waals surface area contributed by atoms with Crippen LogP contribution in [0.2, 0.25) is 0 Å². The van der Waals surface area contributed by atoms with Crippen molar-refractivity contribution in [1.29, 1.82) is 0 Å². The molecule has 0 aliphatic rings. The molecule has 7 nitrogen and oxygen atoms in total. The lowest BCUT2D eigenvalue weighted by Crippen LogP contribution is -2.28. The molecule has 3 aromatic heterocycles. The summed E-state index contributed by atoms with van der Waals surface area (Å²) in [6.45, 7) is 1.66. The Hall–Kier alpha value is -3.97. The largest absolute Gasteiger partial charge is 0.454 e. The van der Waals surface area contributed by atoms with Crippen molar-refractivity contribution < 1.29 is 4.42 Å². The molecule has 2 N–H and O–H groups in total. The first-order valence-electron chi connectivity index (χ1n) is 10.1. The third-order valence-corrected chi connectivity index (χ3v) is 5.14. The summed E-state index contributed by atoms with van der Waals surface area (Å²) in [5.41, 5.74) is 4.34. The van der Waals surface area contributed by atoms with Crippen LogP contribution in [0.4, 0.5) is 0 Å². The van der Waals surface area contributed by atoms with Crippen LogP contribution in [0.15, 0.2) is 88.2 Å². The number of fused-ring (bicyclic) bond motifs is 1. The van der Waals surface area contributed by atoms with Gasteiger partial charge in [-0.25, -0.2) is 4.68 Å². The lowest BCUT2D eigenvalue weighted by atomic mass is 10.1. The van der Waals surface area contributed by atoms with Gasteiger partial charge in [0, 0.05) is 35.7 Å². The second-order valence-corrected chi connectivity index (χ2v) is 7.24. The standard InChI is InChI=1S/C24H21N5O2/c30-23-11-10-20(17-6-2-1-3-7-17)28-29(23)13-12-25-15-19-16-26-27-24(19)22-14-18-8-4-5-9-21(18)31-22/h1-11,14,16,25H,12-13,15H2,(H,26,27). The van der Waals surface area contributed by atoms with E-state index in [2.05, 4.69) is 20.6 Å². The SMILES string of the molecule is O=c1ccc(-c2ccccc2)nn1CCNCc1cn[nH]c1-c1cc2ccccc2o1. The molecule has 0 saturated heterocycles. The molecule has 31 heavy (non-hydrogen) atoms. The first-order chi connectivity index (χ1) is 15.3. The van der Waals surface area contributed by atoms with Gasteiger partial charge in [0.2, 0.25) is 0 Å². The first-order valence-corrected chi connectivity index (χ1v) is 10.1. The minimum Gasteiger partial charge on any atom is -0.454 e. The number of nitrogens with one attached hydrogen (secondary N) is 2. The highest BCUT2D eigenvalue weighted by atomic mass is 16.3. The number of aromatic amines is 1. The van der Waals surface area contributed by atoms with Crippen molar-refractivity contribution in [3.8, 4) is 22.7 Å². The van der Waals surface area contributed by atoms with Crippen molar-refractivity contribution in [3.05, 3.63) is 94.9 Å².